The Hall–Kier alpha value is -1.66. The molecule has 0 saturated carbocycles. The van der Waals surface area contributed by atoms with Crippen molar-refractivity contribution in [2.45, 2.75) is 25.9 Å². The number of nitrogens with two attached hydrogens (primary N) is 1. The zero-order valence-corrected chi connectivity index (χ0v) is 11.7. The molecule has 2 heterocycles. The summed E-state index contributed by atoms with van der Waals surface area (Å²) in [6, 6.07) is 1.91. The van der Waals surface area contributed by atoms with Crippen LogP contribution >= 0.6 is 11.3 Å². The predicted molar refractivity (Wildman–Crippen MR) is 78.2 cm³/mol. The molecule has 0 aromatic carbocycles. The maximum Gasteiger partial charge on any atom is 0.134 e. The van der Waals surface area contributed by atoms with Gasteiger partial charge in [-0.05, 0) is 28.8 Å². The Morgan fingerprint density at radius 3 is 3.00 bits per heavy atom. The third-order valence-electron chi connectivity index (χ3n) is 2.87. The highest BCUT2D eigenvalue weighted by molar-refractivity contribution is 7.07. The molecule has 4 N–H and O–H groups in total. The maximum absolute atomic E-state index is 10.0. The van der Waals surface area contributed by atoms with Gasteiger partial charge in [-0.2, -0.15) is 11.3 Å². The van der Waals surface area contributed by atoms with Crippen LogP contribution < -0.4 is 11.1 Å². The van der Waals surface area contributed by atoms with E-state index < -0.39 is 6.10 Å². The normalized spacial score (nSPS) is 12.3. The van der Waals surface area contributed by atoms with E-state index in [-0.39, 0.29) is 0 Å². The van der Waals surface area contributed by atoms with Crippen molar-refractivity contribution in [3.8, 4) is 0 Å². The van der Waals surface area contributed by atoms with Gasteiger partial charge in [-0.1, -0.05) is 13.3 Å². The molecule has 5 nitrogen and oxygen atoms in total. The van der Waals surface area contributed by atoms with E-state index in [1.165, 1.54) is 6.33 Å². The van der Waals surface area contributed by atoms with Crippen LogP contribution in [0.1, 0.15) is 30.6 Å². The summed E-state index contributed by atoms with van der Waals surface area (Å²) in [6.45, 7) is 2.49. The third-order valence-corrected chi connectivity index (χ3v) is 3.57. The average Bonchev–Trinajstić information content (AvgIpc) is 2.93. The SMILES string of the molecule is CCCc1c(N)ncnc1NCC(O)c1ccsc1. The quantitative estimate of drug-likeness (QED) is 0.754. The highest BCUT2D eigenvalue weighted by Gasteiger charge is 2.11. The van der Waals surface area contributed by atoms with Gasteiger partial charge in [0.05, 0.1) is 6.10 Å². The van der Waals surface area contributed by atoms with E-state index in [0.29, 0.717) is 18.2 Å². The number of rotatable bonds is 6. The van der Waals surface area contributed by atoms with Gasteiger partial charge in [-0.15, -0.1) is 0 Å². The summed E-state index contributed by atoms with van der Waals surface area (Å²) in [6.07, 6.45) is 2.69. The van der Waals surface area contributed by atoms with Gasteiger partial charge in [0.25, 0.3) is 0 Å². The smallest absolute Gasteiger partial charge is 0.134 e. The molecule has 0 bridgehead atoms. The summed E-state index contributed by atoms with van der Waals surface area (Å²) in [4.78, 5) is 8.20. The molecule has 6 heteroatoms. The number of hydrogen-bond acceptors (Lipinski definition) is 6. The van der Waals surface area contributed by atoms with Crippen LogP contribution in [-0.4, -0.2) is 21.6 Å². The van der Waals surface area contributed by atoms with Crippen LogP contribution in [0.2, 0.25) is 0 Å². The van der Waals surface area contributed by atoms with Gasteiger partial charge in [0.1, 0.15) is 18.0 Å². The zero-order chi connectivity index (χ0) is 13.7. The van der Waals surface area contributed by atoms with Crippen molar-refractivity contribution in [2.24, 2.45) is 0 Å². The lowest BCUT2D eigenvalue weighted by Crippen LogP contribution is -2.15. The second-order valence-electron chi connectivity index (χ2n) is 4.29. The molecule has 0 radical (unpaired) electrons. The van der Waals surface area contributed by atoms with Crippen LogP contribution in [0.3, 0.4) is 0 Å². The minimum absolute atomic E-state index is 0.407. The lowest BCUT2D eigenvalue weighted by atomic mass is 10.1. The molecule has 0 spiro atoms. The van der Waals surface area contributed by atoms with Gasteiger partial charge in [0.2, 0.25) is 0 Å². The molecule has 1 unspecified atom stereocenters. The molecule has 2 rings (SSSR count). The fourth-order valence-corrected chi connectivity index (χ4v) is 2.56. The summed E-state index contributed by atoms with van der Waals surface area (Å²) >= 11 is 1.57. The molecule has 0 aliphatic carbocycles. The first-order valence-corrected chi connectivity index (χ1v) is 7.20. The van der Waals surface area contributed by atoms with Gasteiger partial charge < -0.3 is 16.2 Å². The van der Waals surface area contributed by atoms with Crippen molar-refractivity contribution < 1.29 is 5.11 Å². The van der Waals surface area contributed by atoms with Crippen molar-refractivity contribution in [1.82, 2.24) is 9.97 Å². The molecule has 0 fully saturated rings. The van der Waals surface area contributed by atoms with E-state index in [1.807, 2.05) is 16.8 Å². The minimum Gasteiger partial charge on any atom is -0.387 e. The molecule has 2 aromatic rings. The van der Waals surface area contributed by atoms with Crippen molar-refractivity contribution in [1.29, 1.82) is 0 Å². The van der Waals surface area contributed by atoms with Gasteiger partial charge in [0.15, 0.2) is 0 Å². The van der Waals surface area contributed by atoms with E-state index in [9.17, 15) is 5.11 Å². The minimum atomic E-state index is -0.545. The van der Waals surface area contributed by atoms with Gasteiger partial charge in [-0.25, -0.2) is 9.97 Å². The predicted octanol–water partition coefficient (Wildman–Crippen LogP) is 2.22. The molecule has 0 aliphatic heterocycles. The number of aliphatic hydroxyl groups excluding tert-OH is 1. The van der Waals surface area contributed by atoms with Crippen molar-refractivity contribution in [3.05, 3.63) is 34.3 Å². The van der Waals surface area contributed by atoms with Gasteiger partial charge >= 0.3 is 0 Å². The van der Waals surface area contributed by atoms with Gasteiger partial charge in [-0.3, -0.25) is 0 Å². The Balaban J connectivity index is 2.05. The van der Waals surface area contributed by atoms with Crippen LogP contribution in [0.15, 0.2) is 23.2 Å². The molecular formula is C13H18N4OS. The lowest BCUT2D eigenvalue weighted by molar-refractivity contribution is 0.192. The fourth-order valence-electron chi connectivity index (χ4n) is 1.85. The monoisotopic (exact) mass is 278 g/mol. The zero-order valence-electron chi connectivity index (χ0n) is 10.8. The van der Waals surface area contributed by atoms with Crippen LogP contribution in [0.4, 0.5) is 11.6 Å². The van der Waals surface area contributed by atoms with Crippen LogP contribution in [-0.2, 0) is 6.42 Å². The highest BCUT2D eigenvalue weighted by atomic mass is 32.1. The first kappa shape index (κ1) is 13.8. The standard InChI is InChI=1S/C13H18N4OS/c1-2-3-10-12(14)16-8-17-13(10)15-6-11(18)9-4-5-19-7-9/h4-5,7-8,11,18H,2-3,6H2,1H3,(H3,14,15,16,17). The second kappa shape index (κ2) is 6.49. The van der Waals surface area contributed by atoms with E-state index in [0.717, 1.165) is 24.0 Å². The van der Waals surface area contributed by atoms with Crippen LogP contribution in [0.25, 0.3) is 0 Å². The summed E-state index contributed by atoms with van der Waals surface area (Å²) in [5.74, 6) is 1.22. The number of nitrogen functional groups attached to an aromatic ring is 1. The Bertz CT molecular complexity index is 515. The van der Waals surface area contributed by atoms with E-state index >= 15 is 0 Å². The molecule has 1 atom stereocenters. The fraction of sp³-hybridized carbons (Fsp3) is 0.385. The van der Waals surface area contributed by atoms with E-state index in [2.05, 4.69) is 22.2 Å². The number of thiophene rings is 1. The maximum atomic E-state index is 10.0. The lowest BCUT2D eigenvalue weighted by Gasteiger charge is -2.14. The molecule has 19 heavy (non-hydrogen) atoms. The Kier molecular flexibility index (Phi) is 4.70. The van der Waals surface area contributed by atoms with E-state index in [4.69, 9.17) is 5.73 Å². The number of aromatic nitrogens is 2. The van der Waals surface area contributed by atoms with Crippen LogP contribution in [0, 0.1) is 0 Å². The summed E-state index contributed by atoms with van der Waals surface area (Å²) in [5.41, 5.74) is 7.69. The first-order chi connectivity index (χ1) is 9.22. The first-order valence-electron chi connectivity index (χ1n) is 6.25. The molecule has 0 amide bonds. The van der Waals surface area contributed by atoms with Crippen molar-refractivity contribution >= 4 is 23.0 Å². The molecular weight excluding hydrogens is 260 g/mol. The summed E-state index contributed by atoms with van der Waals surface area (Å²) in [7, 11) is 0. The Morgan fingerprint density at radius 1 is 1.47 bits per heavy atom. The van der Waals surface area contributed by atoms with Crippen molar-refractivity contribution in [3.63, 3.8) is 0 Å². The molecule has 0 saturated heterocycles. The number of aliphatic hydroxyl groups is 1. The average molecular weight is 278 g/mol. The number of hydrogen-bond donors (Lipinski definition) is 3. The van der Waals surface area contributed by atoms with E-state index in [1.54, 1.807) is 11.3 Å². The highest BCUT2D eigenvalue weighted by Crippen LogP contribution is 2.21. The molecule has 102 valence electrons. The van der Waals surface area contributed by atoms with Crippen molar-refractivity contribution in [2.75, 3.05) is 17.6 Å². The summed E-state index contributed by atoms with van der Waals surface area (Å²) in [5, 5.41) is 17.1. The number of nitrogens with zero attached hydrogens (tertiary/aromatic N) is 2. The largest absolute Gasteiger partial charge is 0.387 e. The third kappa shape index (κ3) is 3.42. The molecule has 2 aromatic heterocycles. The summed E-state index contributed by atoms with van der Waals surface area (Å²) < 4.78 is 0. The Morgan fingerprint density at radius 2 is 2.32 bits per heavy atom. The Labute approximate surface area is 116 Å². The van der Waals surface area contributed by atoms with Gasteiger partial charge in [0, 0.05) is 12.1 Å². The number of nitrogens with one attached hydrogen (secondary N) is 1. The second-order valence-corrected chi connectivity index (χ2v) is 5.07. The molecule has 0 aliphatic rings. The number of anilines is 2. The van der Waals surface area contributed by atoms with Crippen LogP contribution in [0.5, 0.6) is 0 Å². The topological polar surface area (TPSA) is 84.1 Å².